The lowest BCUT2D eigenvalue weighted by Gasteiger charge is -2.02. The summed E-state index contributed by atoms with van der Waals surface area (Å²) in [6.07, 6.45) is 5.55. The highest BCUT2D eigenvalue weighted by atomic mass is 32.2. The lowest BCUT2D eigenvalue weighted by Crippen LogP contribution is -2.12. The van der Waals surface area contributed by atoms with Crippen LogP contribution >= 0.6 is 0 Å². The summed E-state index contributed by atoms with van der Waals surface area (Å²) in [5.41, 5.74) is 0.382. The van der Waals surface area contributed by atoms with Crippen molar-refractivity contribution in [1.82, 2.24) is 19.6 Å². The van der Waals surface area contributed by atoms with Gasteiger partial charge in [-0.3, -0.25) is 14.1 Å². The monoisotopic (exact) mass is 271 g/mol. The fourth-order valence-corrected chi connectivity index (χ4v) is 2.38. The third-order valence-corrected chi connectivity index (χ3v) is 3.54. The van der Waals surface area contributed by atoms with Gasteiger partial charge >= 0.3 is 0 Å². The summed E-state index contributed by atoms with van der Waals surface area (Å²) in [5, 5.41) is 16.4. The maximum absolute atomic E-state index is 12.0. The first-order valence-electron chi connectivity index (χ1n) is 5.16. The van der Waals surface area contributed by atoms with E-state index in [0.29, 0.717) is 5.69 Å². The zero-order valence-electron chi connectivity index (χ0n) is 9.68. The molecule has 98 valence electrons. The molecule has 0 spiro atoms. The molecular weight excluding hydrogens is 258 g/mol. The summed E-state index contributed by atoms with van der Waals surface area (Å²) < 4.78 is 29.2. The van der Waals surface area contributed by atoms with Gasteiger partial charge in [0.25, 0.3) is 10.0 Å². The van der Waals surface area contributed by atoms with Crippen LogP contribution in [-0.2, 0) is 23.6 Å². The van der Waals surface area contributed by atoms with Gasteiger partial charge in [-0.15, -0.1) is 0 Å². The van der Waals surface area contributed by atoms with Crippen molar-refractivity contribution in [3.8, 4) is 0 Å². The first kappa shape index (κ1) is 12.6. The number of nitrogens with one attached hydrogen (secondary N) is 1. The SMILES string of the molecule is Cn1cc(NS(=O)(=O)c2cnn(CCO)c2)cn1. The number of aromatic nitrogens is 4. The molecule has 2 rings (SSSR count). The largest absolute Gasteiger partial charge is 0.394 e. The topological polar surface area (TPSA) is 102 Å². The minimum absolute atomic E-state index is 0.0415. The van der Waals surface area contributed by atoms with Gasteiger partial charge in [-0.1, -0.05) is 0 Å². The third kappa shape index (κ3) is 2.68. The van der Waals surface area contributed by atoms with E-state index in [9.17, 15) is 8.42 Å². The van der Waals surface area contributed by atoms with E-state index in [1.54, 1.807) is 13.2 Å². The minimum atomic E-state index is -3.67. The highest BCUT2D eigenvalue weighted by Gasteiger charge is 2.17. The van der Waals surface area contributed by atoms with Gasteiger partial charge in [0, 0.05) is 19.4 Å². The first-order valence-corrected chi connectivity index (χ1v) is 6.64. The second-order valence-electron chi connectivity index (χ2n) is 3.67. The molecule has 2 aromatic heterocycles. The fraction of sp³-hybridized carbons (Fsp3) is 0.333. The molecule has 0 radical (unpaired) electrons. The van der Waals surface area contributed by atoms with Gasteiger partial charge in [0.1, 0.15) is 4.90 Å². The van der Waals surface area contributed by atoms with Gasteiger partial charge in [0.15, 0.2) is 0 Å². The molecule has 8 nitrogen and oxygen atoms in total. The van der Waals surface area contributed by atoms with Crippen LogP contribution in [0.1, 0.15) is 0 Å². The molecule has 0 aliphatic carbocycles. The highest BCUT2D eigenvalue weighted by molar-refractivity contribution is 7.92. The lowest BCUT2D eigenvalue weighted by atomic mass is 10.6. The van der Waals surface area contributed by atoms with Gasteiger partial charge in [-0.25, -0.2) is 8.42 Å². The van der Waals surface area contributed by atoms with Crippen LogP contribution in [0.5, 0.6) is 0 Å². The van der Waals surface area contributed by atoms with Gasteiger partial charge in [-0.05, 0) is 0 Å². The smallest absolute Gasteiger partial charge is 0.265 e. The number of aryl methyl sites for hydroxylation is 1. The molecule has 2 N–H and O–H groups in total. The number of aliphatic hydroxyl groups is 1. The second kappa shape index (κ2) is 4.78. The molecule has 18 heavy (non-hydrogen) atoms. The average molecular weight is 271 g/mol. The van der Waals surface area contributed by atoms with Gasteiger partial charge in [0.05, 0.1) is 31.2 Å². The minimum Gasteiger partial charge on any atom is -0.394 e. The standard InChI is InChI=1S/C9H13N5O3S/c1-13-6-8(4-10-13)12-18(16,17)9-5-11-14(7-9)2-3-15/h4-7,12,15H,2-3H2,1H3. The molecule has 0 aromatic carbocycles. The Morgan fingerprint density at radius 3 is 2.72 bits per heavy atom. The van der Waals surface area contributed by atoms with E-state index in [-0.39, 0.29) is 18.0 Å². The zero-order valence-corrected chi connectivity index (χ0v) is 10.5. The van der Waals surface area contributed by atoms with Crippen LogP contribution in [0, 0.1) is 0 Å². The lowest BCUT2D eigenvalue weighted by molar-refractivity contribution is 0.269. The van der Waals surface area contributed by atoms with E-state index in [1.807, 2.05) is 0 Å². The molecule has 0 aliphatic heterocycles. The van der Waals surface area contributed by atoms with Crippen LogP contribution in [0.2, 0.25) is 0 Å². The van der Waals surface area contributed by atoms with Crippen LogP contribution in [0.25, 0.3) is 0 Å². The summed E-state index contributed by atoms with van der Waals surface area (Å²) in [6.45, 7) is 0.152. The predicted octanol–water partition coefficient (Wildman–Crippen LogP) is -0.590. The van der Waals surface area contributed by atoms with E-state index in [1.165, 1.54) is 28.0 Å². The number of rotatable bonds is 5. The number of nitrogens with zero attached hydrogens (tertiary/aromatic N) is 4. The predicted molar refractivity (Wildman–Crippen MR) is 63.3 cm³/mol. The number of sulfonamides is 1. The first-order chi connectivity index (χ1) is 8.51. The van der Waals surface area contributed by atoms with Crippen LogP contribution in [0.15, 0.2) is 29.7 Å². The Morgan fingerprint density at radius 2 is 2.11 bits per heavy atom. The molecular formula is C9H13N5O3S. The summed E-state index contributed by atoms with van der Waals surface area (Å²) in [5.74, 6) is 0. The maximum atomic E-state index is 12.0. The molecule has 2 heterocycles. The van der Waals surface area contributed by atoms with Crippen molar-refractivity contribution in [3.63, 3.8) is 0 Å². The molecule has 0 saturated carbocycles. The van der Waals surface area contributed by atoms with Crippen LogP contribution in [0.4, 0.5) is 5.69 Å². The summed E-state index contributed by atoms with van der Waals surface area (Å²) in [6, 6.07) is 0. The number of hydrogen-bond acceptors (Lipinski definition) is 5. The summed E-state index contributed by atoms with van der Waals surface area (Å²) in [4.78, 5) is 0.0415. The van der Waals surface area contributed by atoms with E-state index < -0.39 is 10.0 Å². The molecule has 0 saturated heterocycles. The number of aliphatic hydroxyl groups excluding tert-OH is 1. The van der Waals surface area contributed by atoms with Crippen molar-refractivity contribution < 1.29 is 13.5 Å². The molecule has 0 unspecified atom stereocenters. The van der Waals surface area contributed by atoms with E-state index in [2.05, 4.69) is 14.9 Å². The molecule has 0 fully saturated rings. The Labute approximate surface area is 104 Å². The Balaban J connectivity index is 2.19. The molecule has 0 atom stereocenters. The molecule has 2 aromatic rings. The van der Waals surface area contributed by atoms with E-state index >= 15 is 0 Å². The molecule has 0 aliphatic rings. The Hall–Kier alpha value is -1.87. The van der Waals surface area contributed by atoms with Gasteiger partial charge in [0.2, 0.25) is 0 Å². The van der Waals surface area contributed by atoms with Crippen molar-refractivity contribution in [2.24, 2.45) is 7.05 Å². The summed E-state index contributed by atoms with van der Waals surface area (Å²) >= 11 is 0. The van der Waals surface area contributed by atoms with Crippen molar-refractivity contribution in [3.05, 3.63) is 24.8 Å². The van der Waals surface area contributed by atoms with Crippen LogP contribution < -0.4 is 4.72 Å². The molecule has 0 amide bonds. The quantitative estimate of drug-likeness (QED) is 0.756. The fourth-order valence-electron chi connectivity index (χ4n) is 1.40. The maximum Gasteiger partial charge on any atom is 0.265 e. The van der Waals surface area contributed by atoms with Crippen LogP contribution in [0.3, 0.4) is 0 Å². The molecule has 9 heteroatoms. The van der Waals surface area contributed by atoms with Crippen molar-refractivity contribution in [1.29, 1.82) is 0 Å². The average Bonchev–Trinajstić information content (AvgIpc) is 2.88. The van der Waals surface area contributed by atoms with Crippen molar-refractivity contribution >= 4 is 15.7 Å². The van der Waals surface area contributed by atoms with E-state index in [4.69, 9.17) is 5.11 Å². The second-order valence-corrected chi connectivity index (χ2v) is 5.35. The van der Waals surface area contributed by atoms with Crippen molar-refractivity contribution in [2.75, 3.05) is 11.3 Å². The Kier molecular flexibility index (Phi) is 3.34. The molecule has 0 bridgehead atoms. The Bertz CT molecular complexity index is 630. The summed E-state index contributed by atoms with van der Waals surface area (Å²) in [7, 11) is -1.97. The Morgan fingerprint density at radius 1 is 1.33 bits per heavy atom. The normalized spacial score (nSPS) is 11.7. The van der Waals surface area contributed by atoms with Gasteiger partial charge < -0.3 is 5.11 Å². The highest BCUT2D eigenvalue weighted by Crippen LogP contribution is 2.14. The van der Waals surface area contributed by atoms with E-state index in [0.717, 1.165) is 0 Å². The third-order valence-electron chi connectivity index (χ3n) is 2.21. The number of hydrogen-bond donors (Lipinski definition) is 2. The number of anilines is 1. The van der Waals surface area contributed by atoms with Crippen LogP contribution in [-0.4, -0.2) is 39.7 Å². The zero-order chi connectivity index (χ0) is 13.2. The van der Waals surface area contributed by atoms with Gasteiger partial charge in [-0.2, -0.15) is 10.2 Å². The van der Waals surface area contributed by atoms with Crippen molar-refractivity contribution in [2.45, 2.75) is 11.4 Å².